The summed E-state index contributed by atoms with van der Waals surface area (Å²) in [6.07, 6.45) is 12.1. The molecule has 0 aromatic carbocycles. The van der Waals surface area contributed by atoms with Gasteiger partial charge in [0.25, 0.3) is 0 Å². The summed E-state index contributed by atoms with van der Waals surface area (Å²) in [5, 5.41) is 15.9. The molecule has 1 aromatic rings. The Bertz CT molecular complexity index is 1090. The molecule has 4 saturated carbocycles. The summed E-state index contributed by atoms with van der Waals surface area (Å²) in [7, 11) is 2.14. The van der Waals surface area contributed by atoms with Crippen LogP contribution in [0.4, 0.5) is 4.79 Å². The number of nitrogens with one attached hydrogen (secondary N) is 1. The minimum Gasteiger partial charge on any atom is -0.431 e. The Balaban J connectivity index is 1.14. The fourth-order valence-corrected chi connectivity index (χ4v) is 9.97. The molecule has 6 rings (SSSR count). The summed E-state index contributed by atoms with van der Waals surface area (Å²) in [5.74, 6) is 1.69. The van der Waals surface area contributed by atoms with Crippen molar-refractivity contribution in [2.75, 3.05) is 33.2 Å². The van der Waals surface area contributed by atoms with Gasteiger partial charge in [0.1, 0.15) is 0 Å². The SMILES string of the molecule is CN1CCCN(C(=O)N[C@H]2CC[C@@]3(C)C(CC[C@@H]4[C@@H]3CC[C@]3(C)[C@@H](c5ccc(=O)oc5)CC[C@]43O)C2)CC1. The average molecular weight is 526 g/mol. The maximum absolute atomic E-state index is 13.1. The van der Waals surface area contributed by atoms with Crippen molar-refractivity contribution in [3.05, 3.63) is 34.4 Å². The molecule has 38 heavy (non-hydrogen) atoms. The summed E-state index contributed by atoms with van der Waals surface area (Å²) in [4.78, 5) is 29.0. The van der Waals surface area contributed by atoms with Crippen LogP contribution < -0.4 is 10.9 Å². The van der Waals surface area contributed by atoms with Crippen molar-refractivity contribution in [3.8, 4) is 0 Å². The van der Waals surface area contributed by atoms with E-state index in [1.54, 1.807) is 6.26 Å². The largest absolute Gasteiger partial charge is 0.431 e. The van der Waals surface area contributed by atoms with Crippen LogP contribution in [-0.4, -0.2) is 65.8 Å². The third kappa shape index (κ3) is 4.14. The lowest BCUT2D eigenvalue weighted by molar-refractivity contribution is -0.201. The topological polar surface area (TPSA) is 86.0 Å². The summed E-state index contributed by atoms with van der Waals surface area (Å²) in [6, 6.07) is 3.82. The van der Waals surface area contributed by atoms with E-state index in [4.69, 9.17) is 4.42 Å². The van der Waals surface area contributed by atoms with Gasteiger partial charge in [0.2, 0.25) is 0 Å². The minimum absolute atomic E-state index is 0.124. The standard InChI is InChI=1S/C31H47N3O4/c1-29-12-9-23(32-28(36)34-16-4-15-33(3)17-18-34)19-22(29)6-7-26-25(29)10-13-30(2)24(11-14-31(26,30)37)21-5-8-27(35)38-20-21/h5,8,20,22-26,37H,4,6-7,9-19H2,1-3H3,(H,32,36)/t22?,23-,24+,25-,26+,29-,30+,31-/m0/s1. The maximum Gasteiger partial charge on any atom is 0.335 e. The Hall–Kier alpha value is -1.86. The Morgan fingerprint density at radius 2 is 1.84 bits per heavy atom. The van der Waals surface area contributed by atoms with Gasteiger partial charge in [0.15, 0.2) is 0 Å². The fraction of sp³-hybridized carbons (Fsp3) is 0.806. The number of hydrogen-bond acceptors (Lipinski definition) is 5. The van der Waals surface area contributed by atoms with Crippen molar-refractivity contribution >= 4 is 6.03 Å². The molecule has 4 aliphatic carbocycles. The van der Waals surface area contributed by atoms with Gasteiger partial charge in [-0.15, -0.1) is 0 Å². The van der Waals surface area contributed by atoms with Crippen molar-refractivity contribution in [2.45, 2.75) is 95.6 Å². The van der Waals surface area contributed by atoms with E-state index in [0.717, 1.165) is 96.0 Å². The van der Waals surface area contributed by atoms with Crippen LogP contribution in [0, 0.1) is 28.6 Å². The summed E-state index contributed by atoms with van der Waals surface area (Å²) in [5.41, 5.74) is 0.116. The molecule has 7 nitrogen and oxygen atoms in total. The van der Waals surface area contributed by atoms with Crippen molar-refractivity contribution < 1.29 is 14.3 Å². The van der Waals surface area contributed by atoms with E-state index in [-0.39, 0.29) is 34.4 Å². The quantitative estimate of drug-likeness (QED) is 0.590. The zero-order chi connectivity index (χ0) is 26.7. The number of carbonyl (C=O) groups is 1. The molecular weight excluding hydrogens is 478 g/mol. The van der Waals surface area contributed by atoms with Gasteiger partial charge in [-0.05, 0) is 119 Å². The Morgan fingerprint density at radius 3 is 2.63 bits per heavy atom. The highest BCUT2D eigenvalue weighted by Gasteiger charge is 2.67. The Morgan fingerprint density at radius 1 is 1.00 bits per heavy atom. The second-order valence-electron chi connectivity index (χ2n) is 13.9. The van der Waals surface area contributed by atoms with Crippen LogP contribution in [0.1, 0.15) is 89.5 Å². The molecule has 1 saturated heterocycles. The molecule has 210 valence electrons. The molecule has 5 fully saturated rings. The molecule has 2 N–H and O–H groups in total. The van der Waals surface area contributed by atoms with Crippen molar-refractivity contribution in [3.63, 3.8) is 0 Å². The highest BCUT2D eigenvalue weighted by Crippen LogP contribution is 2.70. The molecule has 2 heterocycles. The van der Waals surface area contributed by atoms with Gasteiger partial charge in [0.05, 0.1) is 11.9 Å². The number of fused-ring (bicyclic) bond motifs is 5. The van der Waals surface area contributed by atoms with Crippen LogP contribution >= 0.6 is 0 Å². The van der Waals surface area contributed by atoms with Crippen LogP contribution in [0.3, 0.4) is 0 Å². The number of rotatable bonds is 2. The van der Waals surface area contributed by atoms with Crippen molar-refractivity contribution in [2.24, 2.45) is 28.6 Å². The molecule has 0 spiro atoms. The monoisotopic (exact) mass is 525 g/mol. The van der Waals surface area contributed by atoms with Gasteiger partial charge in [-0.2, -0.15) is 0 Å². The number of urea groups is 1. The molecule has 8 atom stereocenters. The van der Waals surface area contributed by atoms with Crippen molar-refractivity contribution in [1.29, 1.82) is 0 Å². The van der Waals surface area contributed by atoms with E-state index in [1.807, 2.05) is 11.0 Å². The molecule has 7 heteroatoms. The predicted molar refractivity (Wildman–Crippen MR) is 147 cm³/mol. The Labute approximate surface area is 227 Å². The second-order valence-corrected chi connectivity index (χ2v) is 13.9. The number of aliphatic hydroxyl groups is 1. The average Bonchev–Trinajstić information content (AvgIpc) is 3.01. The number of carbonyl (C=O) groups excluding carboxylic acids is 1. The lowest BCUT2D eigenvalue weighted by Crippen LogP contribution is -2.62. The first-order valence-corrected chi connectivity index (χ1v) is 15.2. The zero-order valence-corrected chi connectivity index (χ0v) is 23.6. The molecule has 2 amide bonds. The predicted octanol–water partition coefficient (Wildman–Crippen LogP) is 4.60. The Kier molecular flexibility index (Phi) is 6.70. The van der Waals surface area contributed by atoms with Gasteiger partial charge >= 0.3 is 11.7 Å². The van der Waals surface area contributed by atoms with Gasteiger partial charge in [-0.1, -0.05) is 13.8 Å². The van der Waals surface area contributed by atoms with Gasteiger partial charge < -0.3 is 24.6 Å². The van der Waals surface area contributed by atoms with E-state index in [2.05, 4.69) is 31.1 Å². The first-order valence-electron chi connectivity index (χ1n) is 15.2. The lowest BCUT2D eigenvalue weighted by atomic mass is 9.43. The molecule has 5 aliphatic rings. The maximum atomic E-state index is 13.1. The van der Waals surface area contributed by atoms with Crippen LogP contribution in [0.5, 0.6) is 0 Å². The van der Waals surface area contributed by atoms with Gasteiger partial charge in [-0.3, -0.25) is 0 Å². The van der Waals surface area contributed by atoms with Gasteiger partial charge in [0, 0.05) is 37.2 Å². The number of nitrogens with zero attached hydrogens (tertiary/aromatic N) is 2. The lowest BCUT2D eigenvalue weighted by Gasteiger charge is -2.63. The van der Waals surface area contributed by atoms with Crippen LogP contribution in [0.2, 0.25) is 0 Å². The van der Waals surface area contributed by atoms with Crippen molar-refractivity contribution in [1.82, 2.24) is 15.1 Å². The van der Waals surface area contributed by atoms with E-state index >= 15 is 0 Å². The summed E-state index contributed by atoms with van der Waals surface area (Å²) < 4.78 is 5.24. The smallest absolute Gasteiger partial charge is 0.335 e. The first-order chi connectivity index (χ1) is 18.1. The fourth-order valence-electron chi connectivity index (χ4n) is 9.97. The van der Waals surface area contributed by atoms with E-state index < -0.39 is 5.60 Å². The molecule has 0 radical (unpaired) electrons. The minimum atomic E-state index is -0.671. The van der Waals surface area contributed by atoms with E-state index in [9.17, 15) is 14.7 Å². The summed E-state index contributed by atoms with van der Waals surface area (Å²) in [6.45, 7) is 8.47. The first kappa shape index (κ1) is 26.4. The third-order valence-electron chi connectivity index (χ3n) is 12.3. The van der Waals surface area contributed by atoms with E-state index in [0.29, 0.717) is 17.8 Å². The number of likely N-dealkylation sites (N-methyl/N-ethyl adjacent to an activating group) is 1. The van der Waals surface area contributed by atoms with Gasteiger partial charge in [-0.25, -0.2) is 9.59 Å². The third-order valence-corrected chi connectivity index (χ3v) is 12.3. The molecular formula is C31H47N3O4. The van der Waals surface area contributed by atoms with Crippen LogP contribution in [0.25, 0.3) is 0 Å². The normalized spacial score (nSPS) is 43.5. The van der Waals surface area contributed by atoms with Crippen LogP contribution in [0.15, 0.2) is 27.6 Å². The molecule has 1 aromatic heterocycles. The second kappa shape index (κ2) is 9.65. The highest BCUT2D eigenvalue weighted by atomic mass is 16.4. The molecule has 1 unspecified atom stereocenters. The highest BCUT2D eigenvalue weighted by molar-refractivity contribution is 5.74. The zero-order valence-electron chi connectivity index (χ0n) is 23.6. The molecule has 0 bridgehead atoms. The number of hydrogen-bond donors (Lipinski definition) is 2. The molecule has 1 aliphatic heterocycles. The summed E-state index contributed by atoms with van der Waals surface area (Å²) >= 11 is 0. The van der Waals surface area contributed by atoms with Crippen LogP contribution in [-0.2, 0) is 0 Å². The van der Waals surface area contributed by atoms with E-state index in [1.165, 1.54) is 6.07 Å². The number of amides is 2.